The SMILES string of the molecule is CC(=O)O.Cc1cccc(C(=O)O)c1. The summed E-state index contributed by atoms with van der Waals surface area (Å²) in [4.78, 5) is 19.4. The Labute approximate surface area is 81.8 Å². The largest absolute Gasteiger partial charge is 0.481 e. The summed E-state index contributed by atoms with van der Waals surface area (Å²) < 4.78 is 0. The van der Waals surface area contributed by atoms with Crippen molar-refractivity contribution in [2.24, 2.45) is 0 Å². The zero-order chi connectivity index (χ0) is 11.1. The molecule has 0 amide bonds. The monoisotopic (exact) mass is 196 g/mol. The van der Waals surface area contributed by atoms with E-state index in [9.17, 15) is 4.79 Å². The predicted molar refractivity (Wildman–Crippen MR) is 51.4 cm³/mol. The van der Waals surface area contributed by atoms with Crippen molar-refractivity contribution in [3.8, 4) is 0 Å². The summed E-state index contributed by atoms with van der Waals surface area (Å²) in [6.45, 7) is 2.95. The van der Waals surface area contributed by atoms with Crippen LogP contribution in [0.1, 0.15) is 22.8 Å². The van der Waals surface area contributed by atoms with Crippen molar-refractivity contribution in [1.29, 1.82) is 0 Å². The molecule has 4 nitrogen and oxygen atoms in total. The van der Waals surface area contributed by atoms with Gasteiger partial charge in [0.15, 0.2) is 0 Å². The Morgan fingerprint density at radius 2 is 1.71 bits per heavy atom. The van der Waals surface area contributed by atoms with E-state index in [4.69, 9.17) is 15.0 Å². The molecule has 0 saturated carbocycles. The van der Waals surface area contributed by atoms with Gasteiger partial charge in [0.1, 0.15) is 0 Å². The second-order valence-electron chi connectivity index (χ2n) is 2.69. The lowest BCUT2D eigenvalue weighted by Gasteiger charge is -1.93. The molecule has 4 heteroatoms. The summed E-state index contributed by atoms with van der Waals surface area (Å²) in [7, 11) is 0. The van der Waals surface area contributed by atoms with Gasteiger partial charge in [-0.3, -0.25) is 4.79 Å². The van der Waals surface area contributed by atoms with Crippen LogP contribution in [0.4, 0.5) is 0 Å². The van der Waals surface area contributed by atoms with Crippen LogP contribution in [0.2, 0.25) is 0 Å². The van der Waals surface area contributed by atoms with E-state index in [-0.39, 0.29) is 0 Å². The number of aromatic carboxylic acids is 1. The molecular weight excluding hydrogens is 184 g/mol. The van der Waals surface area contributed by atoms with Crippen LogP contribution in [0.25, 0.3) is 0 Å². The minimum Gasteiger partial charge on any atom is -0.481 e. The van der Waals surface area contributed by atoms with Crippen LogP contribution in [-0.2, 0) is 4.79 Å². The first-order chi connectivity index (χ1) is 6.43. The third kappa shape index (κ3) is 5.77. The van der Waals surface area contributed by atoms with Crippen molar-refractivity contribution in [3.63, 3.8) is 0 Å². The summed E-state index contributed by atoms with van der Waals surface area (Å²) in [5.74, 6) is -1.70. The van der Waals surface area contributed by atoms with Crippen LogP contribution >= 0.6 is 0 Å². The van der Waals surface area contributed by atoms with Crippen LogP contribution in [0.3, 0.4) is 0 Å². The molecule has 0 spiro atoms. The average molecular weight is 196 g/mol. The molecule has 0 radical (unpaired) electrons. The highest BCUT2D eigenvalue weighted by Gasteiger charge is 1.99. The van der Waals surface area contributed by atoms with Crippen molar-refractivity contribution in [1.82, 2.24) is 0 Å². The average Bonchev–Trinajstić information content (AvgIpc) is 2.03. The molecule has 14 heavy (non-hydrogen) atoms. The molecule has 0 fully saturated rings. The summed E-state index contributed by atoms with van der Waals surface area (Å²) in [5.41, 5.74) is 1.32. The fourth-order valence-electron chi connectivity index (χ4n) is 0.778. The Morgan fingerprint density at radius 1 is 1.21 bits per heavy atom. The normalized spacial score (nSPS) is 8.43. The van der Waals surface area contributed by atoms with Crippen molar-refractivity contribution in [3.05, 3.63) is 35.4 Å². The zero-order valence-corrected chi connectivity index (χ0v) is 8.02. The quantitative estimate of drug-likeness (QED) is 0.718. The van der Waals surface area contributed by atoms with Gasteiger partial charge in [-0.25, -0.2) is 4.79 Å². The lowest BCUT2D eigenvalue weighted by Crippen LogP contribution is -1.95. The molecule has 0 saturated heterocycles. The minimum atomic E-state index is -0.872. The van der Waals surface area contributed by atoms with Gasteiger partial charge >= 0.3 is 5.97 Å². The Hall–Kier alpha value is -1.84. The number of carboxylic acid groups (broad SMARTS) is 2. The van der Waals surface area contributed by atoms with Crippen LogP contribution < -0.4 is 0 Å². The molecule has 0 bridgehead atoms. The maximum atomic E-state index is 10.4. The number of aryl methyl sites for hydroxylation is 1. The highest BCUT2D eigenvalue weighted by atomic mass is 16.4. The number of hydrogen-bond acceptors (Lipinski definition) is 2. The Morgan fingerprint density at radius 3 is 2.00 bits per heavy atom. The van der Waals surface area contributed by atoms with E-state index in [1.807, 2.05) is 13.0 Å². The maximum Gasteiger partial charge on any atom is 0.335 e. The second kappa shape index (κ2) is 5.75. The first kappa shape index (κ1) is 12.2. The van der Waals surface area contributed by atoms with Gasteiger partial charge in [-0.1, -0.05) is 17.7 Å². The van der Waals surface area contributed by atoms with Gasteiger partial charge in [0, 0.05) is 6.92 Å². The molecule has 0 atom stereocenters. The molecule has 2 N–H and O–H groups in total. The summed E-state index contributed by atoms with van der Waals surface area (Å²) in [6, 6.07) is 6.82. The molecule has 1 rings (SSSR count). The number of aliphatic carboxylic acids is 1. The molecule has 0 unspecified atom stereocenters. The second-order valence-corrected chi connectivity index (χ2v) is 2.69. The molecule has 76 valence electrons. The number of rotatable bonds is 1. The fourth-order valence-corrected chi connectivity index (χ4v) is 0.778. The van der Waals surface area contributed by atoms with Crippen LogP contribution in [0, 0.1) is 6.92 Å². The Balaban J connectivity index is 0.000000364. The van der Waals surface area contributed by atoms with E-state index in [1.54, 1.807) is 18.2 Å². The summed E-state index contributed by atoms with van der Waals surface area (Å²) >= 11 is 0. The smallest absolute Gasteiger partial charge is 0.335 e. The zero-order valence-electron chi connectivity index (χ0n) is 8.02. The molecule has 1 aromatic carbocycles. The lowest BCUT2D eigenvalue weighted by molar-refractivity contribution is -0.134. The number of carbonyl (C=O) groups is 2. The van der Waals surface area contributed by atoms with Gasteiger partial charge in [-0.2, -0.15) is 0 Å². The summed E-state index contributed by atoms with van der Waals surface area (Å²) in [5, 5.41) is 15.9. The predicted octanol–water partition coefficient (Wildman–Crippen LogP) is 1.78. The van der Waals surface area contributed by atoms with Crippen LogP contribution in [0.15, 0.2) is 24.3 Å². The van der Waals surface area contributed by atoms with Gasteiger partial charge in [-0.05, 0) is 19.1 Å². The van der Waals surface area contributed by atoms with Gasteiger partial charge < -0.3 is 10.2 Å². The lowest BCUT2D eigenvalue weighted by atomic mass is 10.1. The number of benzene rings is 1. The highest BCUT2D eigenvalue weighted by Crippen LogP contribution is 2.02. The van der Waals surface area contributed by atoms with Crippen LogP contribution in [-0.4, -0.2) is 22.2 Å². The van der Waals surface area contributed by atoms with Gasteiger partial charge in [0.25, 0.3) is 5.97 Å². The molecule has 1 aromatic rings. The molecule has 0 aromatic heterocycles. The molecular formula is C10H12O4. The third-order valence-electron chi connectivity index (χ3n) is 1.27. The van der Waals surface area contributed by atoms with E-state index in [1.165, 1.54) is 0 Å². The van der Waals surface area contributed by atoms with E-state index < -0.39 is 11.9 Å². The van der Waals surface area contributed by atoms with Gasteiger partial charge in [0.2, 0.25) is 0 Å². The van der Waals surface area contributed by atoms with Crippen molar-refractivity contribution >= 4 is 11.9 Å². The number of hydrogen-bond donors (Lipinski definition) is 2. The highest BCUT2D eigenvalue weighted by molar-refractivity contribution is 5.87. The first-order valence-corrected chi connectivity index (χ1v) is 3.93. The van der Waals surface area contributed by atoms with E-state index in [2.05, 4.69) is 0 Å². The van der Waals surface area contributed by atoms with E-state index >= 15 is 0 Å². The molecule has 0 heterocycles. The van der Waals surface area contributed by atoms with Crippen molar-refractivity contribution in [2.75, 3.05) is 0 Å². The van der Waals surface area contributed by atoms with Crippen molar-refractivity contribution < 1.29 is 19.8 Å². The Bertz CT molecular complexity index is 327. The molecule has 0 aliphatic heterocycles. The van der Waals surface area contributed by atoms with Crippen molar-refractivity contribution in [2.45, 2.75) is 13.8 Å². The first-order valence-electron chi connectivity index (χ1n) is 3.93. The summed E-state index contributed by atoms with van der Waals surface area (Å²) in [6.07, 6.45) is 0. The van der Waals surface area contributed by atoms with Gasteiger partial charge in [-0.15, -0.1) is 0 Å². The molecule has 0 aliphatic rings. The molecule has 0 aliphatic carbocycles. The minimum absolute atomic E-state index is 0.347. The topological polar surface area (TPSA) is 74.6 Å². The fraction of sp³-hybridized carbons (Fsp3) is 0.200. The Kier molecular flexibility index (Phi) is 4.99. The van der Waals surface area contributed by atoms with E-state index in [0.717, 1.165) is 12.5 Å². The van der Waals surface area contributed by atoms with E-state index in [0.29, 0.717) is 5.56 Å². The maximum absolute atomic E-state index is 10.4. The van der Waals surface area contributed by atoms with Crippen LogP contribution in [0.5, 0.6) is 0 Å². The number of carboxylic acids is 2. The standard InChI is InChI=1S/C8H8O2.C2H4O2/c1-6-3-2-4-7(5-6)8(9)10;1-2(3)4/h2-5H,1H3,(H,9,10);1H3,(H,3,4). The third-order valence-corrected chi connectivity index (χ3v) is 1.27. The van der Waals surface area contributed by atoms with Gasteiger partial charge in [0.05, 0.1) is 5.56 Å².